The lowest BCUT2D eigenvalue weighted by atomic mass is 10.0. The van der Waals surface area contributed by atoms with Crippen molar-refractivity contribution in [2.75, 3.05) is 13.2 Å². The molecule has 0 aromatic rings. The van der Waals surface area contributed by atoms with Crippen LogP contribution in [0.15, 0.2) is 72.9 Å². The maximum absolute atomic E-state index is 12.9. The zero-order valence-electron chi connectivity index (χ0n) is 48.4. The van der Waals surface area contributed by atoms with Gasteiger partial charge in [-0.1, -0.05) is 280 Å². The number of carbonyl (C=O) groups is 3. The van der Waals surface area contributed by atoms with Crippen molar-refractivity contribution in [3.05, 3.63) is 72.9 Å². The molecule has 0 amide bonds. The van der Waals surface area contributed by atoms with Crippen molar-refractivity contribution in [3.8, 4) is 0 Å². The summed E-state index contributed by atoms with van der Waals surface area (Å²) in [6.07, 6.45) is 79.1. The fourth-order valence-electron chi connectivity index (χ4n) is 9.00. The summed E-state index contributed by atoms with van der Waals surface area (Å²) in [6.45, 7) is 6.52. The van der Waals surface area contributed by atoms with Crippen LogP contribution < -0.4 is 0 Å². The Morgan fingerprint density at radius 1 is 0.288 bits per heavy atom. The molecule has 6 nitrogen and oxygen atoms in total. The Morgan fingerprint density at radius 2 is 0.534 bits per heavy atom. The van der Waals surface area contributed by atoms with Crippen LogP contribution in [0.2, 0.25) is 0 Å². The molecule has 0 heterocycles. The normalized spacial score (nSPS) is 12.5. The minimum Gasteiger partial charge on any atom is -0.462 e. The number of unbranched alkanes of at least 4 members (excludes halogenated alkanes) is 34. The molecule has 0 aromatic heterocycles. The highest BCUT2D eigenvalue weighted by atomic mass is 16.6. The van der Waals surface area contributed by atoms with Crippen LogP contribution in [-0.2, 0) is 28.6 Å². The second kappa shape index (κ2) is 61.4. The number of hydrogen-bond donors (Lipinski definition) is 0. The lowest BCUT2D eigenvalue weighted by Crippen LogP contribution is -2.30. The highest BCUT2D eigenvalue weighted by Crippen LogP contribution is 2.16. The van der Waals surface area contributed by atoms with E-state index < -0.39 is 6.10 Å². The first-order valence-electron chi connectivity index (χ1n) is 31.4. The van der Waals surface area contributed by atoms with Gasteiger partial charge in [0.15, 0.2) is 6.10 Å². The fourth-order valence-corrected chi connectivity index (χ4v) is 9.00. The molecule has 73 heavy (non-hydrogen) atoms. The van der Waals surface area contributed by atoms with Crippen molar-refractivity contribution in [2.24, 2.45) is 0 Å². The van der Waals surface area contributed by atoms with Gasteiger partial charge in [0, 0.05) is 19.3 Å². The van der Waals surface area contributed by atoms with Gasteiger partial charge in [0.05, 0.1) is 0 Å². The summed E-state index contributed by atoms with van der Waals surface area (Å²) in [5, 5.41) is 0. The minimum atomic E-state index is -0.778. The molecule has 6 heteroatoms. The molecular weight excluding hydrogens is 901 g/mol. The Morgan fingerprint density at radius 3 is 0.836 bits per heavy atom. The largest absolute Gasteiger partial charge is 0.462 e. The van der Waals surface area contributed by atoms with Crippen LogP contribution in [0.5, 0.6) is 0 Å². The Bertz CT molecular complexity index is 1360. The quantitative estimate of drug-likeness (QED) is 0.0261. The van der Waals surface area contributed by atoms with E-state index in [9.17, 15) is 14.4 Å². The predicted molar refractivity (Wildman–Crippen MR) is 316 cm³/mol. The number of ether oxygens (including phenoxy) is 3. The van der Waals surface area contributed by atoms with Crippen LogP contribution in [-0.4, -0.2) is 37.2 Å². The third-order valence-electron chi connectivity index (χ3n) is 13.7. The first kappa shape index (κ1) is 69.8. The third kappa shape index (κ3) is 59.6. The first-order valence-corrected chi connectivity index (χ1v) is 31.4. The van der Waals surface area contributed by atoms with Gasteiger partial charge < -0.3 is 14.2 Å². The molecule has 0 bridgehead atoms. The monoisotopic (exact) mass is 1020 g/mol. The molecule has 0 N–H and O–H groups in total. The molecule has 0 aliphatic heterocycles. The molecular formula is C67H118O6. The molecule has 0 saturated heterocycles. The van der Waals surface area contributed by atoms with Crippen LogP contribution >= 0.6 is 0 Å². The van der Waals surface area contributed by atoms with E-state index in [4.69, 9.17) is 14.2 Å². The molecule has 1 unspecified atom stereocenters. The van der Waals surface area contributed by atoms with Gasteiger partial charge in [0.1, 0.15) is 13.2 Å². The summed E-state index contributed by atoms with van der Waals surface area (Å²) in [5.41, 5.74) is 0. The van der Waals surface area contributed by atoms with Gasteiger partial charge in [-0.2, -0.15) is 0 Å². The third-order valence-corrected chi connectivity index (χ3v) is 13.7. The predicted octanol–water partition coefficient (Wildman–Crippen LogP) is 21.3. The van der Waals surface area contributed by atoms with Crippen molar-refractivity contribution in [3.63, 3.8) is 0 Å². The highest BCUT2D eigenvalue weighted by molar-refractivity contribution is 5.71. The zero-order valence-corrected chi connectivity index (χ0v) is 48.4. The molecule has 422 valence electrons. The Kier molecular flexibility index (Phi) is 58.7. The summed E-state index contributed by atoms with van der Waals surface area (Å²) in [4.78, 5) is 38.2. The lowest BCUT2D eigenvalue weighted by Gasteiger charge is -2.18. The molecule has 0 spiro atoms. The molecule has 1 atom stereocenters. The van der Waals surface area contributed by atoms with Gasteiger partial charge in [-0.05, 0) is 89.9 Å². The summed E-state index contributed by atoms with van der Waals surface area (Å²) in [6, 6.07) is 0. The SMILES string of the molecule is CC/C=C\C/C=C\C/C=C\C/C=C\CCCCCCCCCCC(=O)OC(COC(=O)CCCCCCCCCCC)COC(=O)CCCCCCCCCCCCCCC/C=C\C/C=C\CCCCCCC. The van der Waals surface area contributed by atoms with E-state index in [0.29, 0.717) is 19.3 Å². The van der Waals surface area contributed by atoms with E-state index in [1.54, 1.807) is 0 Å². The molecule has 0 radical (unpaired) electrons. The molecule has 0 aromatic carbocycles. The number of carbonyl (C=O) groups excluding carboxylic acids is 3. The van der Waals surface area contributed by atoms with Crippen LogP contribution in [0.25, 0.3) is 0 Å². The topological polar surface area (TPSA) is 78.9 Å². The van der Waals surface area contributed by atoms with Crippen LogP contribution in [0.3, 0.4) is 0 Å². The first-order chi connectivity index (χ1) is 36.0. The summed E-state index contributed by atoms with van der Waals surface area (Å²) in [5.74, 6) is -0.875. The van der Waals surface area contributed by atoms with E-state index >= 15 is 0 Å². The van der Waals surface area contributed by atoms with Crippen LogP contribution in [0.1, 0.15) is 316 Å². The van der Waals surface area contributed by atoms with Gasteiger partial charge in [-0.15, -0.1) is 0 Å². The van der Waals surface area contributed by atoms with E-state index in [0.717, 1.165) is 96.3 Å². The van der Waals surface area contributed by atoms with E-state index in [1.165, 1.54) is 180 Å². The summed E-state index contributed by atoms with van der Waals surface area (Å²) in [7, 11) is 0. The van der Waals surface area contributed by atoms with Gasteiger partial charge in [-0.3, -0.25) is 14.4 Å². The van der Waals surface area contributed by atoms with Gasteiger partial charge in [-0.25, -0.2) is 0 Å². The molecule has 0 aliphatic carbocycles. The van der Waals surface area contributed by atoms with Crippen LogP contribution in [0, 0.1) is 0 Å². The molecule has 0 saturated carbocycles. The van der Waals surface area contributed by atoms with Gasteiger partial charge in [0.25, 0.3) is 0 Å². The summed E-state index contributed by atoms with van der Waals surface area (Å²) < 4.78 is 16.9. The van der Waals surface area contributed by atoms with Crippen molar-refractivity contribution < 1.29 is 28.6 Å². The molecule has 0 fully saturated rings. The summed E-state index contributed by atoms with van der Waals surface area (Å²) >= 11 is 0. The van der Waals surface area contributed by atoms with Gasteiger partial charge >= 0.3 is 17.9 Å². The van der Waals surface area contributed by atoms with Crippen molar-refractivity contribution in [1.29, 1.82) is 0 Å². The maximum Gasteiger partial charge on any atom is 0.306 e. The minimum absolute atomic E-state index is 0.0762. The smallest absolute Gasteiger partial charge is 0.306 e. The Labute approximate surface area is 453 Å². The van der Waals surface area contributed by atoms with E-state index in [2.05, 4.69) is 93.7 Å². The van der Waals surface area contributed by atoms with Gasteiger partial charge in [0.2, 0.25) is 0 Å². The maximum atomic E-state index is 12.9. The van der Waals surface area contributed by atoms with Crippen molar-refractivity contribution in [1.82, 2.24) is 0 Å². The second-order valence-corrected chi connectivity index (χ2v) is 20.9. The zero-order chi connectivity index (χ0) is 52.9. The fraction of sp³-hybridized carbons (Fsp3) is 0.776. The molecule has 0 aliphatic rings. The second-order valence-electron chi connectivity index (χ2n) is 20.9. The number of esters is 3. The van der Waals surface area contributed by atoms with Crippen molar-refractivity contribution >= 4 is 17.9 Å². The number of hydrogen-bond acceptors (Lipinski definition) is 6. The molecule has 0 rings (SSSR count). The number of allylic oxidation sites excluding steroid dienone is 12. The average molecular weight is 1020 g/mol. The van der Waals surface area contributed by atoms with E-state index in [1.807, 2.05) is 0 Å². The van der Waals surface area contributed by atoms with Crippen LogP contribution in [0.4, 0.5) is 0 Å². The standard InChI is InChI=1S/C67H118O6/c1-4-7-10-13-16-19-21-23-25-27-29-31-32-33-34-36-37-39-41-43-45-48-51-54-57-60-66(69)72-63-64(62-71-65(68)59-56-53-50-47-18-15-12-9-6-3)73-67(70)61-58-55-52-49-46-44-42-40-38-35-30-28-26-24-22-20-17-14-11-8-5-2/h8,11,17,20-21,23-24,26-27,29-30,35,64H,4-7,9-10,12-16,18-19,22,25,28,31-34,36-63H2,1-3H3/b11-8-,20-17-,23-21-,26-24-,29-27-,35-30-. The number of rotatable bonds is 57. The van der Waals surface area contributed by atoms with Crippen molar-refractivity contribution in [2.45, 2.75) is 322 Å². The average Bonchev–Trinajstić information content (AvgIpc) is 3.39. The Balaban J connectivity index is 4.21. The van der Waals surface area contributed by atoms with E-state index in [-0.39, 0.29) is 31.1 Å². The highest BCUT2D eigenvalue weighted by Gasteiger charge is 2.19. The lowest BCUT2D eigenvalue weighted by molar-refractivity contribution is -0.167. The Hall–Kier alpha value is -3.15.